The number of nitriles is 1. The maximum atomic E-state index is 8.72. The van der Waals surface area contributed by atoms with Crippen molar-refractivity contribution in [3.63, 3.8) is 0 Å². The van der Waals surface area contributed by atoms with Gasteiger partial charge in [0.05, 0.1) is 11.6 Å². The molecule has 0 bridgehead atoms. The van der Waals surface area contributed by atoms with Gasteiger partial charge in [0.2, 0.25) is 0 Å². The Bertz CT molecular complexity index is 582. The molecule has 18 heavy (non-hydrogen) atoms. The maximum absolute atomic E-state index is 8.72. The van der Waals surface area contributed by atoms with Gasteiger partial charge >= 0.3 is 0 Å². The van der Waals surface area contributed by atoms with Crippen LogP contribution in [0.4, 0.5) is 5.69 Å². The molecule has 0 aliphatic carbocycles. The zero-order valence-corrected chi connectivity index (χ0v) is 11.7. The molecule has 2 rings (SSSR count). The molecule has 0 unspecified atom stereocenters. The summed E-state index contributed by atoms with van der Waals surface area (Å²) in [5, 5.41) is 12.1. The van der Waals surface area contributed by atoms with E-state index < -0.39 is 0 Å². The number of rotatable bonds is 3. The molecular formula is C15H13BrN2. The molecule has 90 valence electrons. The second-order valence-electron chi connectivity index (χ2n) is 4.13. The first kappa shape index (κ1) is 12.7. The Morgan fingerprint density at radius 2 is 1.89 bits per heavy atom. The number of hydrogen-bond donors (Lipinski definition) is 1. The molecule has 0 heterocycles. The lowest BCUT2D eigenvalue weighted by Gasteiger charge is -2.08. The third-order valence-corrected chi connectivity index (χ3v) is 3.61. The Kier molecular flexibility index (Phi) is 4.01. The molecule has 0 fully saturated rings. The average Bonchev–Trinajstić information content (AvgIpc) is 2.41. The average molecular weight is 301 g/mol. The van der Waals surface area contributed by atoms with Gasteiger partial charge in [0.15, 0.2) is 0 Å². The molecule has 0 atom stereocenters. The summed E-state index contributed by atoms with van der Waals surface area (Å²) < 4.78 is 1.10. The van der Waals surface area contributed by atoms with Crippen molar-refractivity contribution >= 4 is 21.6 Å². The van der Waals surface area contributed by atoms with Gasteiger partial charge in [0, 0.05) is 16.7 Å². The predicted octanol–water partition coefficient (Wildman–Crippen LogP) is 4.24. The second-order valence-corrected chi connectivity index (χ2v) is 4.98. The lowest BCUT2D eigenvalue weighted by Crippen LogP contribution is -1.99. The largest absolute Gasteiger partial charge is 0.381 e. The summed E-state index contributed by atoms with van der Waals surface area (Å²) in [6.45, 7) is 2.82. The third kappa shape index (κ3) is 3.12. The molecule has 0 aromatic heterocycles. The summed E-state index contributed by atoms with van der Waals surface area (Å²) in [6, 6.07) is 15.9. The van der Waals surface area contributed by atoms with Crippen LogP contribution >= 0.6 is 15.9 Å². The van der Waals surface area contributed by atoms with Crippen LogP contribution in [0.15, 0.2) is 46.9 Å². The van der Waals surface area contributed by atoms with Gasteiger partial charge in [0.25, 0.3) is 0 Å². The molecule has 1 N–H and O–H groups in total. The molecule has 2 aromatic rings. The van der Waals surface area contributed by atoms with Gasteiger partial charge < -0.3 is 5.32 Å². The van der Waals surface area contributed by atoms with Gasteiger partial charge in [-0.1, -0.05) is 34.1 Å². The minimum Gasteiger partial charge on any atom is -0.381 e. The van der Waals surface area contributed by atoms with E-state index in [1.165, 1.54) is 5.56 Å². The highest BCUT2D eigenvalue weighted by molar-refractivity contribution is 9.10. The molecule has 0 amide bonds. The van der Waals surface area contributed by atoms with Crippen molar-refractivity contribution in [2.75, 3.05) is 5.32 Å². The third-order valence-electron chi connectivity index (χ3n) is 2.75. The molecule has 0 aliphatic heterocycles. The number of nitrogens with zero attached hydrogens (tertiary/aromatic N) is 1. The fraction of sp³-hybridized carbons (Fsp3) is 0.133. The molecule has 0 saturated carbocycles. The molecule has 2 nitrogen and oxygen atoms in total. The lowest BCUT2D eigenvalue weighted by atomic mass is 10.1. The van der Waals surface area contributed by atoms with Crippen molar-refractivity contribution in [3.05, 3.63) is 63.6 Å². The fourth-order valence-corrected chi connectivity index (χ4v) is 1.98. The van der Waals surface area contributed by atoms with E-state index in [0.29, 0.717) is 5.56 Å². The first-order valence-electron chi connectivity index (χ1n) is 5.68. The van der Waals surface area contributed by atoms with Crippen LogP contribution in [0.5, 0.6) is 0 Å². The van der Waals surface area contributed by atoms with E-state index in [4.69, 9.17) is 5.26 Å². The summed E-state index contributed by atoms with van der Waals surface area (Å²) in [6.07, 6.45) is 0. The standard InChI is InChI=1S/C15H13BrN2/c1-11-2-7-14(8-15(11)16)18-10-13-5-3-12(9-17)4-6-13/h2-8,18H,10H2,1H3. The van der Waals surface area contributed by atoms with Crippen molar-refractivity contribution in [3.8, 4) is 6.07 Å². The number of nitrogens with one attached hydrogen (secondary N) is 1. The van der Waals surface area contributed by atoms with Crippen molar-refractivity contribution < 1.29 is 0 Å². The topological polar surface area (TPSA) is 35.8 Å². The Morgan fingerprint density at radius 1 is 1.17 bits per heavy atom. The van der Waals surface area contributed by atoms with E-state index >= 15 is 0 Å². The maximum Gasteiger partial charge on any atom is 0.0991 e. The summed E-state index contributed by atoms with van der Waals surface area (Å²) >= 11 is 3.52. The van der Waals surface area contributed by atoms with Crippen LogP contribution in [0.25, 0.3) is 0 Å². The number of halogens is 1. The molecule has 3 heteroatoms. The number of hydrogen-bond acceptors (Lipinski definition) is 2. The van der Waals surface area contributed by atoms with Crippen LogP contribution in [0.3, 0.4) is 0 Å². The first-order valence-corrected chi connectivity index (χ1v) is 6.47. The predicted molar refractivity (Wildman–Crippen MR) is 77.4 cm³/mol. The molecule has 0 radical (unpaired) electrons. The highest BCUT2D eigenvalue weighted by Crippen LogP contribution is 2.21. The van der Waals surface area contributed by atoms with Gasteiger partial charge in [-0.2, -0.15) is 5.26 Å². The molecular weight excluding hydrogens is 288 g/mol. The SMILES string of the molecule is Cc1ccc(NCc2ccc(C#N)cc2)cc1Br. The van der Waals surface area contributed by atoms with Crippen LogP contribution in [0.2, 0.25) is 0 Å². The van der Waals surface area contributed by atoms with Gasteiger partial charge in [0.1, 0.15) is 0 Å². The van der Waals surface area contributed by atoms with Crippen molar-refractivity contribution in [2.24, 2.45) is 0 Å². The quantitative estimate of drug-likeness (QED) is 0.920. The highest BCUT2D eigenvalue weighted by Gasteiger charge is 1.98. The Hall–Kier alpha value is -1.79. The van der Waals surface area contributed by atoms with Crippen LogP contribution in [-0.4, -0.2) is 0 Å². The van der Waals surface area contributed by atoms with Crippen LogP contribution < -0.4 is 5.32 Å². The summed E-state index contributed by atoms with van der Waals surface area (Å²) in [7, 11) is 0. The number of aryl methyl sites for hydroxylation is 1. The van der Waals surface area contributed by atoms with Crippen molar-refractivity contribution in [2.45, 2.75) is 13.5 Å². The summed E-state index contributed by atoms with van der Waals surface area (Å²) in [5.74, 6) is 0. The number of benzene rings is 2. The van der Waals surface area contributed by atoms with E-state index in [-0.39, 0.29) is 0 Å². The first-order chi connectivity index (χ1) is 8.69. The summed E-state index contributed by atoms with van der Waals surface area (Å²) in [4.78, 5) is 0. The summed E-state index contributed by atoms with van der Waals surface area (Å²) in [5.41, 5.74) is 4.15. The monoisotopic (exact) mass is 300 g/mol. The molecule has 2 aromatic carbocycles. The van der Waals surface area contributed by atoms with Crippen molar-refractivity contribution in [1.82, 2.24) is 0 Å². The van der Waals surface area contributed by atoms with Crippen LogP contribution in [-0.2, 0) is 6.54 Å². The minimum atomic E-state index is 0.692. The van der Waals surface area contributed by atoms with E-state index in [1.54, 1.807) is 0 Å². The zero-order chi connectivity index (χ0) is 13.0. The van der Waals surface area contributed by atoms with Gasteiger partial charge in [-0.3, -0.25) is 0 Å². The normalized spacial score (nSPS) is 9.83. The minimum absolute atomic E-state index is 0.692. The Morgan fingerprint density at radius 3 is 2.50 bits per heavy atom. The Labute approximate surface area is 115 Å². The Balaban J connectivity index is 2.02. The fourth-order valence-electron chi connectivity index (χ4n) is 1.60. The van der Waals surface area contributed by atoms with Crippen molar-refractivity contribution in [1.29, 1.82) is 5.26 Å². The van der Waals surface area contributed by atoms with Gasteiger partial charge in [-0.05, 0) is 42.3 Å². The molecule has 0 aliphatic rings. The van der Waals surface area contributed by atoms with E-state index in [0.717, 1.165) is 22.3 Å². The molecule has 0 saturated heterocycles. The van der Waals surface area contributed by atoms with E-state index in [2.05, 4.69) is 52.4 Å². The van der Waals surface area contributed by atoms with E-state index in [9.17, 15) is 0 Å². The number of anilines is 1. The zero-order valence-electron chi connectivity index (χ0n) is 10.1. The van der Waals surface area contributed by atoms with Crippen LogP contribution in [0, 0.1) is 18.3 Å². The lowest BCUT2D eigenvalue weighted by molar-refractivity contribution is 1.14. The highest BCUT2D eigenvalue weighted by atomic mass is 79.9. The van der Waals surface area contributed by atoms with E-state index in [1.807, 2.05) is 24.3 Å². The second kappa shape index (κ2) is 5.70. The molecule has 0 spiro atoms. The van der Waals surface area contributed by atoms with Gasteiger partial charge in [-0.15, -0.1) is 0 Å². The van der Waals surface area contributed by atoms with Gasteiger partial charge in [-0.25, -0.2) is 0 Å². The smallest absolute Gasteiger partial charge is 0.0991 e. The van der Waals surface area contributed by atoms with Crippen LogP contribution in [0.1, 0.15) is 16.7 Å².